The average molecular weight is 995 g/mol. The minimum absolute atomic E-state index is 0.0636. The first-order valence-corrected chi connectivity index (χ1v) is 25.8. The summed E-state index contributed by atoms with van der Waals surface area (Å²) in [5.41, 5.74) is 4.93. The number of aromatic nitrogens is 2. The number of hydrogen-bond acceptors (Lipinski definition) is 12. The van der Waals surface area contributed by atoms with Crippen LogP contribution in [0.15, 0.2) is 89.6 Å². The van der Waals surface area contributed by atoms with E-state index >= 15 is 0 Å². The van der Waals surface area contributed by atoms with Gasteiger partial charge in [0.25, 0.3) is 21.6 Å². The van der Waals surface area contributed by atoms with Crippen molar-refractivity contribution in [2.24, 2.45) is 17.3 Å². The summed E-state index contributed by atoms with van der Waals surface area (Å²) in [7, 11) is -4.68. The quantitative estimate of drug-likeness (QED) is 0.0943. The molecule has 0 spiro atoms. The number of fused-ring (bicyclic) bond motifs is 2. The summed E-state index contributed by atoms with van der Waals surface area (Å²) in [6, 6.07) is 19.0. The van der Waals surface area contributed by atoms with E-state index in [9.17, 15) is 28.1 Å². The number of nitrogens with zero attached hydrogens (tertiary/aromatic N) is 5. The highest BCUT2D eigenvalue weighted by Crippen LogP contribution is 2.44. The van der Waals surface area contributed by atoms with E-state index in [1.165, 1.54) is 35.0 Å². The van der Waals surface area contributed by atoms with Crippen molar-refractivity contribution >= 4 is 61.6 Å². The van der Waals surface area contributed by atoms with Gasteiger partial charge in [-0.25, -0.2) is 22.9 Å². The molecule has 2 N–H and O–H groups in total. The summed E-state index contributed by atoms with van der Waals surface area (Å²) in [6.45, 7) is 15.2. The monoisotopic (exact) mass is 993 g/mol. The highest BCUT2D eigenvalue weighted by Gasteiger charge is 2.38. The van der Waals surface area contributed by atoms with Crippen molar-refractivity contribution < 1.29 is 37.1 Å². The fourth-order valence-electron chi connectivity index (χ4n) is 10.2. The molecule has 3 aromatic carbocycles. The van der Waals surface area contributed by atoms with Crippen molar-refractivity contribution in [3.05, 3.63) is 117 Å². The summed E-state index contributed by atoms with van der Waals surface area (Å²) in [5.74, 6) is -0.438. The zero-order valence-electron chi connectivity index (χ0n) is 40.3. The first-order valence-electron chi connectivity index (χ1n) is 24.0. The third-order valence-corrected chi connectivity index (χ3v) is 15.6. The number of rotatable bonds is 11. The maximum absolute atomic E-state index is 14.2. The van der Waals surface area contributed by atoms with Crippen LogP contribution in [0.2, 0.25) is 5.02 Å². The molecule has 370 valence electrons. The molecule has 2 aromatic heterocycles. The number of sulfonamides is 1. The van der Waals surface area contributed by atoms with Gasteiger partial charge >= 0.3 is 6.09 Å². The number of benzene rings is 3. The van der Waals surface area contributed by atoms with E-state index in [4.69, 9.17) is 25.8 Å². The molecule has 0 bridgehead atoms. The Morgan fingerprint density at radius 2 is 1.73 bits per heavy atom. The van der Waals surface area contributed by atoms with Crippen molar-refractivity contribution in [2.75, 3.05) is 57.3 Å². The third kappa shape index (κ3) is 11.1. The average Bonchev–Trinajstić information content (AvgIpc) is 3.79. The van der Waals surface area contributed by atoms with Crippen LogP contribution in [0.3, 0.4) is 0 Å². The Balaban J connectivity index is 0.913. The lowest BCUT2D eigenvalue weighted by Gasteiger charge is -2.39. The molecule has 2 saturated heterocycles. The maximum atomic E-state index is 14.2. The van der Waals surface area contributed by atoms with E-state index < -0.39 is 37.0 Å². The number of likely N-dealkylation sites (tertiary alicyclic amines) is 1. The molecule has 1 aliphatic carbocycles. The maximum Gasteiger partial charge on any atom is 0.410 e. The number of pyridine rings is 1. The molecule has 9 rings (SSSR count). The second-order valence-corrected chi connectivity index (χ2v) is 22.9. The number of aromatic amines is 1. The van der Waals surface area contributed by atoms with Gasteiger partial charge in [-0.2, -0.15) is 0 Å². The van der Waals surface area contributed by atoms with Gasteiger partial charge in [0.15, 0.2) is 0 Å². The standard InChI is InChI=1S/C52H60ClN7O9S/c1-51(2,3)69-50(62)59-18-14-33(15-19-59)37-25-43-45(60(63)64)27-41(28-46(43)67-32-37)70(65,66)56-49(61)42-11-10-39(26-47(42)68-40-24-35-13-17-54-48(35)55-30-40)58-22-20-57(21-23-58)31-36-12-16-52(4,5)29-44(36)34-6-8-38(53)9-7-34/h6-11,13,17,24,26-28,30,33,37H,12,14-16,18-23,25,29,31-32H2,1-5H3,(H,54,55)(H,56,61)/t37-/m1/s1. The second-order valence-electron chi connectivity index (χ2n) is 20.8. The molecule has 5 aromatic rings. The zero-order chi connectivity index (χ0) is 49.5. The third-order valence-electron chi connectivity index (χ3n) is 14.0. The molecule has 0 radical (unpaired) electrons. The summed E-state index contributed by atoms with van der Waals surface area (Å²) >= 11 is 6.26. The molecule has 16 nitrogen and oxygen atoms in total. The number of amides is 2. The summed E-state index contributed by atoms with van der Waals surface area (Å²) < 4.78 is 48.2. The highest BCUT2D eigenvalue weighted by molar-refractivity contribution is 7.90. The summed E-state index contributed by atoms with van der Waals surface area (Å²) in [6.07, 6.45) is 7.69. The number of nitro benzene ring substituents is 1. The molecule has 3 aliphatic heterocycles. The summed E-state index contributed by atoms with van der Waals surface area (Å²) in [4.78, 5) is 52.1. The van der Waals surface area contributed by atoms with Crippen molar-refractivity contribution in [1.82, 2.24) is 24.5 Å². The number of piperazine rings is 1. The molecule has 2 fully saturated rings. The lowest BCUT2D eigenvalue weighted by molar-refractivity contribution is -0.386. The van der Waals surface area contributed by atoms with E-state index in [0.29, 0.717) is 62.4 Å². The number of anilines is 1. The van der Waals surface area contributed by atoms with Crippen LogP contribution in [-0.2, 0) is 21.2 Å². The second kappa shape index (κ2) is 19.6. The molecule has 1 atom stereocenters. The highest BCUT2D eigenvalue weighted by atomic mass is 35.5. The van der Waals surface area contributed by atoms with Crippen LogP contribution in [0.4, 0.5) is 16.2 Å². The van der Waals surface area contributed by atoms with Gasteiger partial charge in [-0.1, -0.05) is 43.2 Å². The predicted molar refractivity (Wildman–Crippen MR) is 268 cm³/mol. The van der Waals surface area contributed by atoms with Crippen LogP contribution < -0.4 is 19.1 Å². The molecule has 5 heterocycles. The zero-order valence-corrected chi connectivity index (χ0v) is 41.8. The normalized spacial score (nSPS) is 19.1. The fraction of sp³-hybridized carbons (Fsp3) is 0.442. The first kappa shape index (κ1) is 48.8. The van der Waals surface area contributed by atoms with E-state index in [0.717, 1.165) is 61.1 Å². The number of allylic oxidation sites excluding steroid dienone is 1. The lowest BCUT2D eigenvalue weighted by atomic mass is 9.72. The number of carbonyl (C=O) groups is 2. The van der Waals surface area contributed by atoms with Crippen LogP contribution in [-0.4, -0.2) is 103 Å². The molecule has 0 saturated carbocycles. The number of H-pyrrole nitrogens is 1. The van der Waals surface area contributed by atoms with Crippen molar-refractivity contribution in [1.29, 1.82) is 0 Å². The predicted octanol–water partition coefficient (Wildman–Crippen LogP) is 10.0. The van der Waals surface area contributed by atoms with Crippen LogP contribution in [0, 0.1) is 27.4 Å². The molecular weight excluding hydrogens is 934 g/mol. The largest absolute Gasteiger partial charge is 0.493 e. The molecule has 4 aliphatic rings. The molecule has 70 heavy (non-hydrogen) atoms. The number of nitro groups is 1. The van der Waals surface area contributed by atoms with Gasteiger partial charge < -0.3 is 29.0 Å². The molecule has 2 amide bonds. The van der Waals surface area contributed by atoms with E-state index in [2.05, 4.69) is 50.5 Å². The number of hydrogen-bond donors (Lipinski definition) is 2. The number of piperidine rings is 1. The summed E-state index contributed by atoms with van der Waals surface area (Å²) in [5, 5.41) is 14.0. The van der Waals surface area contributed by atoms with Gasteiger partial charge in [0, 0.05) is 92.2 Å². The van der Waals surface area contributed by atoms with E-state index in [1.807, 2.05) is 39.0 Å². The lowest BCUT2D eigenvalue weighted by Crippen LogP contribution is -2.47. The minimum Gasteiger partial charge on any atom is -0.493 e. The topological polar surface area (TPSA) is 190 Å². The fourth-order valence-corrected chi connectivity index (χ4v) is 11.3. The number of ether oxygens (including phenoxy) is 3. The Bertz CT molecular complexity index is 2950. The van der Waals surface area contributed by atoms with Gasteiger partial charge in [0.2, 0.25) is 0 Å². The molecular formula is C52H60ClN7O9S. The Morgan fingerprint density at radius 3 is 2.44 bits per heavy atom. The van der Waals surface area contributed by atoms with Crippen molar-refractivity contribution in [2.45, 2.75) is 83.6 Å². The van der Waals surface area contributed by atoms with Crippen molar-refractivity contribution in [3.8, 4) is 17.2 Å². The van der Waals surface area contributed by atoms with Crippen LogP contribution >= 0.6 is 11.6 Å². The van der Waals surface area contributed by atoms with Gasteiger partial charge in [-0.05, 0) is 118 Å². The first-order chi connectivity index (χ1) is 33.3. The molecule has 18 heteroatoms. The Morgan fingerprint density at radius 1 is 0.986 bits per heavy atom. The Labute approximate surface area is 413 Å². The number of carbonyl (C=O) groups excluding carboxylic acids is 2. The Hall–Kier alpha value is -6.17. The van der Waals surface area contributed by atoms with E-state index in [1.54, 1.807) is 29.3 Å². The van der Waals surface area contributed by atoms with Gasteiger partial charge in [0.1, 0.15) is 28.5 Å². The van der Waals surface area contributed by atoms with Crippen LogP contribution in [0.25, 0.3) is 16.6 Å². The number of nitrogens with one attached hydrogen (secondary N) is 2. The smallest absolute Gasteiger partial charge is 0.410 e. The van der Waals surface area contributed by atoms with Gasteiger partial charge in [-0.3, -0.25) is 19.8 Å². The number of halogens is 1. The molecule has 0 unspecified atom stereocenters. The van der Waals surface area contributed by atoms with Gasteiger partial charge in [-0.15, -0.1) is 0 Å². The minimum atomic E-state index is -4.68. The van der Waals surface area contributed by atoms with Crippen LogP contribution in [0.5, 0.6) is 17.2 Å². The Kier molecular flexibility index (Phi) is 13.6. The van der Waals surface area contributed by atoms with Crippen LogP contribution in [0.1, 0.15) is 88.2 Å². The SMILES string of the molecule is CC1(C)CCC(CN2CCN(c3ccc(C(=O)NS(=O)(=O)c4cc5c(c([N+](=O)[O-])c4)C[C@@H](C4CCN(C(=O)OC(C)(C)C)CC4)CO5)c(Oc4cnc5[nH]ccc5c4)c3)CC2)=C(c2ccc(Cl)cc2)C1. The van der Waals surface area contributed by atoms with E-state index in [-0.39, 0.29) is 47.0 Å². The van der Waals surface area contributed by atoms with Crippen molar-refractivity contribution in [3.63, 3.8) is 0 Å². The van der Waals surface area contributed by atoms with Gasteiger partial charge in [0.05, 0.1) is 33.7 Å².